The van der Waals surface area contributed by atoms with Crippen molar-refractivity contribution in [2.45, 2.75) is 24.8 Å². The molecule has 0 radical (unpaired) electrons. The van der Waals surface area contributed by atoms with E-state index in [1.54, 1.807) is 12.1 Å². The molecule has 0 bridgehead atoms. The Morgan fingerprint density at radius 3 is 2.61 bits per heavy atom. The van der Waals surface area contributed by atoms with Crippen molar-refractivity contribution >= 4 is 20.9 Å². The van der Waals surface area contributed by atoms with Gasteiger partial charge in [-0.25, -0.2) is 8.42 Å². The van der Waals surface area contributed by atoms with E-state index in [0.717, 1.165) is 10.9 Å². The molecule has 164 valence electrons. The highest BCUT2D eigenvalue weighted by atomic mass is 32.2. The van der Waals surface area contributed by atoms with E-state index in [9.17, 15) is 18.3 Å². The predicted octanol–water partition coefficient (Wildman–Crippen LogP) is 2.18. The number of hydrogen-bond donors (Lipinski definition) is 2. The zero-order valence-corrected chi connectivity index (χ0v) is 17.9. The summed E-state index contributed by atoms with van der Waals surface area (Å²) in [5.74, 6) is 0.863. The van der Waals surface area contributed by atoms with Gasteiger partial charge in [-0.2, -0.15) is 4.31 Å². The van der Waals surface area contributed by atoms with Gasteiger partial charge in [0.05, 0.1) is 4.90 Å². The van der Waals surface area contributed by atoms with E-state index in [2.05, 4.69) is 4.98 Å². The Bertz CT molecular complexity index is 1270. The summed E-state index contributed by atoms with van der Waals surface area (Å²) in [5.41, 5.74) is 1.70. The number of fused-ring (bicyclic) bond motifs is 2. The zero-order chi connectivity index (χ0) is 22.0. The molecular formula is C22H24N2O6S. The maximum Gasteiger partial charge on any atom is 0.252 e. The largest absolute Gasteiger partial charge is 0.486 e. The number of aliphatic hydroxyl groups is 1. The first-order chi connectivity index (χ1) is 14.9. The molecule has 0 unspecified atom stereocenters. The average molecular weight is 445 g/mol. The van der Waals surface area contributed by atoms with Crippen molar-refractivity contribution in [2.24, 2.45) is 0 Å². The SMILES string of the molecule is Cc1ccc2cc(CN(CCCO)S(=O)(=O)c3ccc4c(c3)OCCO4)c(=O)[nH]c2c1. The van der Waals surface area contributed by atoms with Gasteiger partial charge in [-0.3, -0.25) is 4.79 Å². The molecular weight excluding hydrogens is 420 g/mol. The van der Waals surface area contributed by atoms with Gasteiger partial charge in [0.25, 0.3) is 5.56 Å². The van der Waals surface area contributed by atoms with Crippen LogP contribution in [0.15, 0.2) is 52.2 Å². The van der Waals surface area contributed by atoms with Gasteiger partial charge >= 0.3 is 0 Å². The number of hydrogen-bond acceptors (Lipinski definition) is 6. The fourth-order valence-corrected chi connectivity index (χ4v) is 5.00. The van der Waals surface area contributed by atoms with Crippen LogP contribution < -0.4 is 15.0 Å². The number of benzene rings is 2. The molecule has 0 spiro atoms. The number of sulfonamides is 1. The summed E-state index contributed by atoms with van der Waals surface area (Å²) in [6.07, 6.45) is 0.245. The fourth-order valence-electron chi connectivity index (χ4n) is 3.53. The molecule has 0 atom stereocenters. The smallest absolute Gasteiger partial charge is 0.252 e. The maximum atomic E-state index is 13.4. The van der Waals surface area contributed by atoms with E-state index in [1.165, 1.54) is 16.4 Å². The second-order valence-electron chi connectivity index (χ2n) is 7.44. The first-order valence-electron chi connectivity index (χ1n) is 10.0. The number of nitrogens with zero attached hydrogens (tertiary/aromatic N) is 1. The molecule has 3 aromatic rings. The number of nitrogens with one attached hydrogen (secondary N) is 1. The van der Waals surface area contributed by atoms with Gasteiger partial charge in [0, 0.05) is 36.8 Å². The highest BCUT2D eigenvalue weighted by Crippen LogP contribution is 2.33. The van der Waals surface area contributed by atoms with Gasteiger partial charge in [-0.15, -0.1) is 0 Å². The first-order valence-corrected chi connectivity index (χ1v) is 11.5. The lowest BCUT2D eigenvalue weighted by atomic mass is 10.1. The normalized spacial score (nSPS) is 13.6. The second kappa shape index (κ2) is 8.70. The topological polar surface area (TPSA) is 109 Å². The van der Waals surface area contributed by atoms with Gasteiger partial charge < -0.3 is 19.6 Å². The Balaban J connectivity index is 1.70. The number of pyridine rings is 1. The van der Waals surface area contributed by atoms with E-state index in [1.807, 2.05) is 25.1 Å². The Labute approximate surface area is 180 Å². The number of aromatic nitrogens is 1. The molecule has 1 aliphatic heterocycles. The van der Waals surface area contributed by atoms with Crippen LogP contribution in [0.4, 0.5) is 0 Å². The van der Waals surface area contributed by atoms with E-state index in [0.29, 0.717) is 35.8 Å². The molecule has 0 amide bonds. The minimum atomic E-state index is -3.95. The van der Waals surface area contributed by atoms with Gasteiger partial charge in [-0.05, 0) is 48.6 Å². The molecule has 1 aromatic heterocycles. The van der Waals surface area contributed by atoms with E-state index < -0.39 is 10.0 Å². The minimum Gasteiger partial charge on any atom is -0.486 e. The quantitative estimate of drug-likeness (QED) is 0.578. The molecule has 1 aliphatic rings. The highest BCUT2D eigenvalue weighted by Gasteiger charge is 2.27. The van der Waals surface area contributed by atoms with Crippen molar-refractivity contribution in [2.75, 3.05) is 26.4 Å². The van der Waals surface area contributed by atoms with Gasteiger partial charge in [0.15, 0.2) is 11.5 Å². The zero-order valence-electron chi connectivity index (χ0n) is 17.1. The van der Waals surface area contributed by atoms with E-state index in [-0.39, 0.29) is 36.6 Å². The molecule has 31 heavy (non-hydrogen) atoms. The summed E-state index contributed by atoms with van der Waals surface area (Å²) in [5, 5.41) is 10.1. The fraction of sp³-hybridized carbons (Fsp3) is 0.318. The van der Waals surface area contributed by atoms with Crippen molar-refractivity contribution in [1.82, 2.24) is 9.29 Å². The number of H-pyrrole nitrogens is 1. The summed E-state index contributed by atoms with van der Waals surface area (Å²) in [7, 11) is -3.95. The van der Waals surface area contributed by atoms with Gasteiger partial charge in [0.2, 0.25) is 10.0 Å². The number of aromatic amines is 1. The number of ether oxygens (including phenoxy) is 2. The van der Waals surface area contributed by atoms with E-state index in [4.69, 9.17) is 9.47 Å². The van der Waals surface area contributed by atoms with E-state index >= 15 is 0 Å². The van der Waals surface area contributed by atoms with Crippen molar-refractivity contribution in [3.8, 4) is 11.5 Å². The minimum absolute atomic E-state index is 0.0440. The van der Waals surface area contributed by atoms with Crippen molar-refractivity contribution < 1.29 is 23.0 Å². The monoisotopic (exact) mass is 444 g/mol. The number of aliphatic hydroxyl groups excluding tert-OH is 1. The maximum absolute atomic E-state index is 13.4. The summed E-state index contributed by atoms with van der Waals surface area (Å²) in [4.78, 5) is 15.5. The van der Waals surface area contributed by atoms with Gasteiger partial charge in [-0.1, -0.05) is 12.1 Å². The van der Waals surface area contributed by atoms with Crippen LogP contribution in [0.5, 0.6) is 11.5 Å². The Morgan fingerprint density at radius 2 is 1.84 bits per heavy atom. The molecule has 2 heterocycles. The summed E-state index contributed by atoms with van der Waals surface area (Å²) in [6.45, 7) is 2.47. The van der Waals surface area contributed by atoms with Crippen LogP contribution in [0.2, 0.25) is 0 Å². The van der Waals surface area contributed by atoms with Crippen LogP contribution in [-0.2, 0) is 16.6 Å². The standard InChI is InChI=1S/C22H24N2O6S/c1-15-3-4-16-12-17(22(26)23-19(16)11-15)14-24(7-2-8-25)31(27,28)18-5-6-20-21(13-18)30-10-9-29-20/h3-6,11-13,25H,2,7-10,14H2,1H3,(H,23,26). The second-order valence-corrected chi connectivity index (χ2v) is 9.37. The molecule has 4 rings (SSSR count). The molecule has 9 heteroatoms. The molecule has 8 nitrogen and oxygen atoms in total. The van der Waals surface area contributed by atoms with Crippen LogP contribution in [0, 0.1) is 6.92 Å². The average Bonchev–Trinajstić information content (AvgIpc) is 2.76. The van der Waals surface area contributed by atoms with Crippen LogP contribution in [-0.4, -0.2) is 49.2 Å². The predicted molar refractivity (Wildman–Crippen MR) is 116 cm³/mol. The van der Waals surface area contributed by atoms with Crippen LogP contribution in [0.25, 0.3) is 10.9 Å². The third kappa shape index (κ3) is 4.43. The third-order valence-corrected chi connectivity index (χ3v) is 6.98. The van der Waals surface area contributed by atoms with Crippen LogP contribution >= 0.6 is 0 Å². The Kier molecular flexibility index (Phi) is 5.99. The third-order valence-electron chi connectivity index (χ3n) is 5.14. The van der Waals surface area contributed by atoms with Crippen molar-refractivity contribution in [1.29, 1.82) is 0 Å². The summed E-state index contributed by atoms with van der Waals surface area (Å²) < 4.78 is 39.0. The molecule has 0 aliphatic carbocycles. The molecule has 2 aromatic carbocycles. The number of aryl methyl sites for hydroxylation is 1. The van der Waals surface area contributed by atoms with Crippen molar-refractivity contribution in [3.05, 3.63) is 63.9 Å². The molecule has 2 N–H and O–H groups in total. The lowest BCUT2D eigenvalue weighted by molar-refractivity contribution is 0.171. The summed E-state index contributed by atoms with van der Waals surface area (Å²) >= 11 is 0. The number of rotatable bonds is 7. The lowest BCUT2D eigenvalue weighted by Crippen LogP contribution is -2.34. The first kappa shape index (κ1) is 21.4. The molecule has 0 fully saturated rings. The van der Waals surface area contributed by atoms with Crippen molar-refractivity contribution in [3.63, 3.8) is 0 Å². The highest BCUT2D eigenvalue weighted by molar-refractivity contribution is 7.89. The molecule has 0 saturated heterocycles. The van der Waals surface area contributed by atoms with Crippen LogP contribution in [0.3, 0.4) is 0 Å². The Hall–Kier alpha value is -2.88. The van der Waals surface area contributed by atoms with Crippen LogP contribution in [0.1, 0.15) is 17.5 Å². The lowest BCUT2D eigenvalue weighted by Gasteiger charge is -2.23. The molecule has 0 saturated carbocycles. The summed E-state index contributed by atoms with van der Waals surface area (Å²) in [6, 6.07) is 11.9. The Morgan fingerprint density at radius 1 is 1.06 bits per heavy atom. The van der Waals surface area contributed by atoms with Gasteiger partial charge in [0.1, 0.15) is 13.2 Å².